The van der Waals surface area contributed by atoms with Gasteiger partial charge in [-0.25, -0.2) is 0 Å². The number of nitrogens with zero attached hydrogens (tertiary/aromatic N) is 1. The summed E-state index contributed by atoms with van der Waals surface area (Å²) in [4.78, 5) is 17.8. The fourth-order valence-electron chi connectivity index (χ4n) is 2.84. The highest BCUT2D eigenvalue weighted by atomic mass is 16.6. The van der Waals surface area contributed by atoms with Gasteiger partial charge in [0.05, 0.1) is 13.3 Å². The molecule has 1 N–H and O–H groups in total. The molecule has 0 heterocycles. The standard InChI is InChI=1S/C25H26N2O4/c1-3-22(25(28)27-21-12-8-5-9-13-21)31-26-17-20-14-15-23(24(16-20)29-2)30-18-19-10-6-4-7-11-19/h4-17,22H,3,18H2,1-2H3,(H,27,28)/b26-17+. The highest BCUT2D eigenvalue weighted by Crippen LogP contribution is 2.28. The van der Waals surface area contributed by atoms with Crippen LogP contribution in [-0.4, -0.2) is 25.3 Å². The third-order valence-corrected chi connectivity index (χ3v) is 4.52. The molecule has 1 unspecified atom stereocenters. The number of amides is 1. The van der Waals surface area contributed by atoms with Gasteiger partial charge in [0.15, 0.2) is 11.5 Å². The normalized spacial score (nSPS) is 11.7. The summed E-state index contributed by atoms with van der Waals surface area (Å²) in [7, 11) is 1.59. The second-order valence-electron chi connectivity index (χ2n) is 6.78. The van der Waals surface area contributed by atoms with Crippen LogP contribution in [0.25, 0.3) is 0 Å². The van der Waals surface area contributed by atoms with Gasteiger partial charge in [0.1, 0.15) is 6.61 Å². The first-order chi connectivity index (χ1) is 15.2. The summed E-state index contributed by atoms with van der Waals surface area (Å²) in [5, 5.41) is 6.81. The number of benzene rings is 3. The lowest BCUT2D eigenvalue weighted by atomic mass is 10.2. The molecule has 3 rings (SSSR count). The maximum Gasteiger partial charge on any atom is 0.268 e. The number of anilines is 1. The van der Waals surface area contributed by atoms with Crippen LogP contribution in [0.2, 0.25) is 0 Å². The maximum absolute atomic E-state index is 12.4. The minimum absolute atomic E-state index is 0.243. The average molecular weight is 418 g/mol. The van der Waals surface area contributed by atoms with Gasteiger partial charge in [0.25, 0.3) is 5.91 Å². The van der Waals surface area contributed by atoms with Crippen LogP contribution in [0, 0.1) is 0 Å². The van der Waals surface area contributed by atoms with Crippen molar-refractivity contribution in [2.24, 2.45) is 5.16 Å². The number of hydrogen-bond donors (Lipinski definition) is 1. The summed E-state index contributed by atoms with van der Waals surface area (Å²) in [6.45, 7) is 2.31. The molecule has 0 bridgehead atoms. The van der Waals surface area contributed by atoms with Crippen molar-refractivity contribution in [1.82, 2.24) is 0 Å². The summed E-state index contributed by atoms with van der Waals surface area (Å²) in [6, 6.07) is 24.6. The number of carbonyl (C=O) groups is 1. The van der Waals surface area contributed by atoms with Gasteiger partial charge >= 0.3 is 0 Å². The molecule has 0 spiro atoms. The molecule has 31 heavy (non-hydrogen) atoms. The number of hydrogen-bond acceptors (Lipinski definition) is 5. The Labute approximate surface area is 182 Å². The molecule has 0 saturated carbocycles. The fraction of sp³-hybridized carbons (Fsp3) is 0.200. The van der Waals surface area contributed by atoms with E-state index >= 15 is 0 Å². The molecule has 1 atom stereocenters. The highest BCUT2D eigenvalue weighted by molar-refractivity contribution is 5.94. The monoisotopic (exact) mass is 418 g/mol. The molecular weight excluding hydrogens is 392 g/mol. The van der Waals surface area contributed by atoms with Gasteiger partial charge in [0, 0.05) is 11.3 Å². The Hall–Kier alpha value is -3.80. The van der Waals surface area contributed by atoms with E-state index in [0.717, 1.165) is 11.1 Å². The number of rotatable bonds is 10. The van der Waals surface area contributed by atoms with Crippen LogP contribution in [0.4, 0.5) is 5.69 Å². The minimum Gasteiger partial charge on any atom is -0.493 e. The van der Waals surface area contributed by atoms with Crippen molar-refractivity contribution in [2.75, 3.05) is 12.4 Å². The first-order valence-corrected chi connectivity index (χ1v) is 10.1. The number of carbonyl (C=O) groups excluding carboxylic acids is 1. The Bertz CT molecular complexity index is 991. The molecule has 0 radical (unpaired) electrons. The lowest BCUT2D eigenvalue weighted by Gasteiger charge is -2.13. The van der Waals surface area contributed by atoms with Crippen LogP contribution < -0.4 is 14.8 Å². The molecule has 160 valence electrons. The van der Waals surface area contributed by atoms with Crippen molar-refractivity contribution in [1.29, 1.82) is 0 Å². The summed E-state index contributed by atoms with van der Waals surface area (Å²) in [5.41, 5.74) is 2.56. The van der Waals surface area contributed by atoms with Crippen LogP contribution >= 0.6 is 0 Å². The molecule has 0 saturated heterocycles. The van der Waals surface area contributed by atoms with Gasteiger partial charge in [-0.2, -0.15) is 0 Å². The SMILES string of the molecule is CCC(O/N=C/c1ccc(OCc2ccccc2)c(OC)c1)C(=O)Nc1ccccc1. The topological polar surface area (TPSA) is 69.1 Å². The number of methoxy groups -OCH3 is 1. The van der Waals surface area contributed by atoms with Gasteiger partial charge in [-0.3, -0.25) is 4.79 Å². The van der Waals surface area contributed by atoms with E-state index in [4.69, 9.17) is 14.3 Å². The van der Waals surface area contributed by atoms with E-state index in [0.29, 0.717) is 30.2 Å². The smallest absolute Gasteiger partial charge is 0.268 e. The molecule has 3 aromatic rings. The molecule has 6 nitrogen and oxygen atoms in total. The largest absolute Gasteiger partial charge is 0.493 e. The Balaban J connectivity index is 1.58. The van der Waals surface area contributed by atoms with Gasteiger partial charge in [-0.05, 0) is 42.3 Å². The van der Waals surface area contributed by atoms with Gasteiger partial charge in [0.2, 0.25) is 6.10 Å². The van der Waals surface area contributed by atoms with Crippen molar-refractivity contribution >= 4 is 17.8 Å². The number of nitrogens with one attached hydrogen (secondary N) is 1. The number of ether oxygens (including phenoxy) is 2. The van der Waals surface area contributed by atoms with E-state index in [1.54, 1.807) is 19.4 Å². The van der Waals surface area contributed by atoms with Crippen molar-refractivity contribution < 1.29 is 19.1 Å². The van der Waals surface area contributed by atoms with Gasteiger partial charge in [-0.15, -0.1) is 0 Å². The summed E-state index contributed by atoms with van der Waals surface area (Å²) >= 11 is 0. The first kappa shape index (κ1) is 21.9. The second-order valence-corrected chi connectivity index (χ2v) is 6.78. The van der Waals surface area contributed by atoms with E-state index in [2.05, 4.69) is 10.5 Å². The van der Waals surface area contributed by atoms with Gasteiger partial charge < -0.3 is 19.6 Å². The maximum atomic E-state index is 12.4. The average Bonchev–Trinajstić information content (AvgIpc) is 2.82. The van der Waals surface area contributed by atoms with Crippen LogP contribution in [0.5, 0.6) is 11.5 Å². The molecule has 3 aromatic carbocycles. The fourth-order valence-corrected chi connectivity index (χ4v) is 2.84. The molecule has 1 amide bonds. The third kappa shape index (κ3) is 6.60. The van der Waals surface area contributed by atoms with Crippen LogP contribution in [0.1, 0.15) is 24.5 Å². The van der Waals surface area contributed by atoms with E-state index in [-0.39, 0.29) is 5.91 Å². The molecule has 0 fully saturated rings. The highest BCUT2D eigenvalue weighted by Gasteiger charge is 2.18. The predicted molar refractivity (Wildman–Crippen MR) is 122 cm³/mol. The Morgan fingerprint density at radius 3 is 2.39 bits per heavy atom. The second kappa shape index (κ2) is 11.4. The third-order valence-electron chi connectivity index (χ3n) is 4.52. The predicted octanol–water partition coefficient (Wildman–Crippen LogP) is 5.04. The number of oxime groups is 1. The zero-order chi connectivity index (χ0) is 21.9. The van der Waals surface area contributed by atoms with E-state index in [9.17, 15) is 4.79 Å². The Kier molecular flexibility index (Phi) is 8.05. The number of para-hydroxylation sites is 1. The quantitative estimate of drug-likeness (QED) is 0.370. The summed E-state index contributed by atoms with van der Waals surface area (Å²) in [5.74, 6) is 0.986. The zero-order valence-corrected chi connectivity index (χ0v) is 17.7. The first-order valence-electron chi connectivity index (χ1n) is 10.1. The van der Waals surface area contributed by atoms with E-state index in [1.165, 1.54) is 0 Å². The van der Waals surface area contributed by atoms with Crippen molar-refractivity contribution in [3.05, 3.63) is 90.0 Å². The molecule has 0 aliphatic heterocycles. The summed E-state index contributed by atoms with van der Waals surface area (Å²) < 4.78 is 11.3. The van der Waals surface area contributed by atoms with Crippen LogP contribution in [-0.2, 0) is 16.2 Å². The molecular formula is C25H26N2O4. The molecule has 6 heteroatoms. The molecule has 0 aliphatic rings. The Morgan fingerprint density at radius 1 is 1.00 bits per heavy atom. The molecule has 0 aromatic heterocycles. The van der Waals surface area contributed by atoms with Crippen molar-refractivity contribution in [3.8, 4) is 11.5 Å². The van der Waals surface area contributed by atoms with Gasteiger partial charge in [-0.1, -0.05) is 60.6 Å². The van der Waals surface area contributed by atoms with Crippen molar-refractivity contribution in [2.45, 2.75) is 26.1 Å². The van der Waals surface area contributed by atoms with Crippen LogP contribution in [0.15, 0.2) is 84.0 Å². The lowest BCUT2D eigenvalue weighted by molar-refractivity contribution is -0.127. The molecule has 0 aliphatic carbocycles. The van der Waals surface area contributed by atoms with Crippen molar-refractivity contribution in [3.63, 3.8) is 0 Å². The van der Waals surface area contributed by atoms with Crippen LogP contribution in [0.3, 0.4) is 0 Å². The lowest BCUT2D eigenvalue weighted by Crippen LogP contribution is -2.28. The van der Waals surface area contributed by atoms with E-state index in [1.807, 2.05) is 79.7 Å². The minimum atomic E-state index is -0.688. The zero-order valence-electron chi connectivity index (χ0n) is 17.7. The Morgan fingerprint density at radius 2 is 1.71 bits per heavy atom. The van der Waals surface area contributed by atoms with E-state index < -0.39 is 6.10 Å². The summed E-state index contributed by atoms with van der Waals surface area (Å²) in [6.07, 6.45) is 1.35.